The van der Waals surface area contributed by atoms with Gasteiger partial charge in [-0.15, -0.1) is 0 Å². The maximum Gasteiger partial charge on any atom is 0.356 e. The molecule has 0 unspecified atom stereocenters. The highest BCUT2D eigenvalue weighted by atomic mass is 16.5. The first-order valence-electron chi connectivity index (χ1n) is 3.08. The van der Waals surface area contributed by atoms with Gasteiger partial charge >= 0.3 is 5.97 Å². The molecule has 11 heavy (non-hydrogen) atoms. The third-order valence-corrected chi connectivity index (χ3v) is 1.12. The Labute approximate surface area is 64.3 Å². The number of aliphatic imine (C=N–C) groups is 1. The maximum atomic E-state index is 10.9. The van der Waals surface area contributed by atoms with Crippen LogP contribution >= 0.6 is 0 Å². The van der Waals surface area contributed by atoms with Crippen molar-refractivity contribution in [1.82, 2.24) is 5.32 Å². The number of carbonyl (C=O) groups excluding carboxylic acids is 1. The quantitative estimate of drug-likeness (QED) is 0.545. The van der Waals surface area contributed by atoms with Crippen molar-refractivity contribution in [3.05, 3.63) is 24.2 Å². The summed E-state index contributed by atoms with van der Waals surface area (Å²) >= 11 is 0. The number of nitrogens with zero attached hydrogens (tertiary/aromatic N) is 1. The molecule has 1 rings (SSSR count). The zero-order chi connectivity index (χ0) is 8.10. The largest absolute Gasteiger partial charge is 0.464 e. The molecule has 0 aliphatic carbocycles. The molecule has 4 nitrogen and oxygen atoms in total. The van der Waals surface area contributed by atoms with Gasteiger partial charge in [0.25, 0.3) is 0 Å². The molecular weight excluding hydrogens is 144 g/mol. The Balaban J connectivity index is 2.72. The molecule has 1 heterocycles. The molecule has 1 aliphatic rings. The molecule has 0 spiro atoms. The standard InChI is InChI=1S/C7H8N2O2/c1-11-7(10)6-5-8-3-2-4-9-6/h2-5,9H,1H3. The Morgan fingerprint density at radius 1 is 1.73 bits per heavy atom. The summed E-state index contributed by atoms with van der Waals surface area (Å²) in [6.07, 6.45) is 6.28. The highest BCUT2D eigenvalue weighted by Gasteiger charge is 2.06. The lowest BCUT2D eigenvalue weighted by molar-refractivity contribution is -0.136. The van der Waals surface area contributed by atoms with E-state index in [1.807, 2.05) is 0 Å². The van der Waals surface area contributed by atoms with Crippen molar-refractivity contribution in [1.29, 1.82) is 0 Å². The molecule has 0 saturated heterocycles. The summed E-state index contributed by atoms with van der Waals surface area (Å²) < 4.78 is 4.47. The van der Waals surface area contributed by atoms with Crippen LogP contribution in [0.3, 0.4) is 0 Å². The molecular formula is C7H8N2O2. The van der Waals surface area contributed by atoms with Crippen molar-refractivity contribution in [3.8, 4) is 0 Å². The Morgan fingerprint density at radius 3 is 3.27 bits per heavy atom. The van der Waals surface area contributed by atoms with Gasteiger partial charge in [0.1, 0.15) is 5.70 Å². The topological polar surface area (TPSA) is 50.7 Å². The first kappa shape index (κ1) is 7.53. The normalized spacial score (nSPS) is 14.8. The molecule has 0 amide bonds. The SMILES string of the molecule is COC(=O)C1=CN=CC=CN1. The molecule has 1 N–H and O–H groups in total. The van der Waals surface area contributed by atoms with Gasteiger partial charge in [-0.3, -0.25) is 4.99 Å². The van der Waals surface area contributed by atoms with E-state index in [1.165, 1.54) is 13.3 Å². The molecule has 0 bridgehead atoms. The summed E-state index contributed by atoms with van der Waals surface area (Å²) in [5.41, 5.74) is 0.331. The Bertz CT molecular complexity index is 241. The van der Waals surface area contributed by atoms with Crippen LogP contribution in [-0.4, -0.2) is 19.3 Å². The van der Waals surface area contributed by atoms with Gasteiger partial charge in [0.2, 0.25) is 0 Å². The van der Waals surface area contributed by atoms with Gasteiger partial charge in [-0.25, -0.2) is 4.79 Å². The van der Waals surface area contributed by atoms with Crippen LogP contribution in [0.15, 0.2) is 29.2 Å². The van der Waals surface area contributed by atoms with Crippen LogP contribution in [0.5, 0.6) is 0 Å². The summed E-state index contributed by atoms with van der Waals surface area (Å²) in [7, 11) is 1.32. The molecule has 0 saturated carbocycles. The Morgan fingerprint density at radius 2 is 2.55 bits per heavy atom. The van der Waals surface area contributed by atoms with E-state index >= 15 is 0 Å². The number of hydrogen-bond acceptors (Lipinski definition) is 4. The van der Waals surface area contributed by atoms with Crippen LogP contribution in [0.1, 0.15) is 0 Å². The zero-order valence-electron chi connectivity index (χ0n) is 6.07. The number of carbonyl (C=O) groups is 1. The van der Waals surface area contributed by atoms with E-state index in [0.717, 1.165) is 0 Å². The van der Waals surface area contributed by atoms with Crippen molar-refractivity contribution in [3.63, 3.8) is 0 Å². The number of rotatable bonds is 1. The van der Waals surface area contributed by atoms with E-state index in [2.05, 4.69) is 15.0 Å². The minimum atomic E-state index is -0.423. The second kappa shape index (κ2) is 3.55. The fraction of sp³-hybridized carbons (Fsp3) is 0.143. The van der Waals surface area contributed by atoms with Crippen LogP contribution in [0, 0.1) is 0 Å². The number of allylic oxidation sites excluding steroid dienone is 1. The van der Waals surface area contributed by atoms with Crippen LogP contribution in [0.4, 0.5) is 0 Å². The molecule has 0 aromatic heterocycles. The van der Waals surface area contributed by atoms with E-state index < -0.39 is 5.97 Å². The molecule has 1 aliphatic heterocycles. The van der Waals surface area contributed by atoms with Crippen molar-refractivity contribution in [2.45, 2.75) is 0 Å². The third kappa shape index (κ3) is 1.93. The molecule has 4 heteroatoms. The van der Waals surface area contributed by atoms with Crippen molar-refractivity contribution in [2.75, 3.05) is 7.11 Å². The summed E-state index contributed by atoms with van der Waals surface area (Å²) in [6, 6.07) is 0. The number of hydrogen-bond donors (Lipinski definition) is 1. The van der Waals surface area contributed by atoms with E-state index in [9.17, 15) is 4.79 Å². The Hall–Kier alpha value is -1.58. The van der Waals surface area contributed by atoms with Gasteiger partial charge in [0.15, 0.2) is 0 Å². The number of esters is 1. The molecule has 0 atom stereocenters. The minimum Gasteiger partial charge on any atom is -0.464 e. The van der Waals surface area contributed by atoms with Gasteiger partial charge in [-0.2, -0.15) is 0 Å². The van der Waals surface area contributed by atoms with Crippen molar-refractivity contribution >= 4 is 12.2 Å². The maximum absolute atomic E-state index is 10.9. The van der Waals surface area contributed by atoms with Crippen LogP contribution in [0.25, 0.3) is 0 Å². The van der Waals surface area contributed by atoms with E-state index in [4.69, 9.17) is 0 Å². The van der Waals surface area contributed by atoms with E-state index in [0.29, 0.717) is 5.70 Å². The van der Waals surface area contributed by atoms with Gasteiger partial charge in [-0.1, -0.05) is 0 Å². The third-order valence-electron chi connectivity index (χ3n) is 1.12. The predicted octanol–water partition coefficient (Wildman–Crippen LogP) is 0.188. The molecule has 0 radical (unpaired) electrons. The summed E-state index contributed by atoms with van der Waals surface area (Å²) in [5, 5.41) is 2.71. The van der Waals surface area contributed by atoms with Crippen LogP contribution in [0.2, 0.25) is 0 Å². The molecule has 0 fully saturated rings. The fourth-order valence-electron chi connectivity index (χ4n) is 0.607. The smallest absolute Gasteiger partial charge is 0.356 e. The molecule has 0 aromatic carbocycles. The van der Waals surface area contributed by atoms with Gasteiger partial charge in [-0.05, 0) is 6.08 Å². The first-order chi connectivity index (χ1) is 5.34. The first-order valence-corrected chi connectivity index (χ1v) is 3.08. The lowest BCUT2D eigenvalue weighted by Gasteiger charge is -2.00. The minimum absolute atomic E-state index is 0.331. The number of ether oxygens (including phenoxy) is 1. The zero-order valence-corrected chi connectivity index (χ0v) is 6.07. The van der Waals surface area contributed by atoms with Gasteiger partial charge < -0.3 is 10.1 Å². The van der Waals surface area contributed by atoms with Gasteiger partial charge in [0.05, 0.1) is 13.3 Å². The van der Waals surface area contributed by atoms with Crippen molar-refractivity contribution < 1.29 is 9.53 Å². The van der Waals surface area contributed by atoms with E-state index in [1.54, 1.807) is 18.5 Å². The van der Waals surface area contributed by atoms with E-state index in [-0.39, 0.29) is 0 Å². The van der Waals surface area contributed by atoms with Crippen LogP contribution < -0.4 is 5.32 Å². The second-order valence-electron chi connectivity index (χ2n) is 1.84. The second-order valence-corrected chi connectivity index (χ2v) is 1.84. The summed E-state index contributed by atoms with van der Waals surface area (Å²) in [6.45, 7) is 0. The highest BCUT2D eigenvalue weighted by molar-refractivity contribution is 5.88. The number of methoxy groups -OCH3 is 1. The fourth-order valence-corrected chi connectivity index (χ4v) is 0.607. The lowest BCUT2D eigenvalue weighted by atomic mass is 10.5. The van der Waals surface area contributed by atoms with Crippen LogP contribution in [-0.2, 0) is 9.53 Å². The summed E-state index contributed by atoms with van der Waals surface area (Å²) in [4.78, 5) is 14.6. The predicted molar refractivity (Wildman–Crippen MR) is 40.9 cm³/mol. The number of nitrogens with one attached hydrogen (secondary N) is 1. The molecule has 58 valence electrons. The summed E-state index contributed by atoms with van der Waals surface area (Å²) in [5.74, 6) is -0.423. The average Bonchev–Trinajstić information content (AvgIpc) is 2.30. The monoisotopic (exact) mass is 152 g/mol. The molecule has 0 aromatic rings. The average molecular weight is 152 g/mol. The Kier molecular flexibility index (Phi) is 2.43. The lowest BCUT2D eigenvalue weighted by Crippen LogP contribution is -2.15. The van der Waals surface area contributed by atoms with Gasteiger partial charge in [0, 0.05) is 12.4 Å². The highest BCUT2D eigenvalue weighted by Crippen LogP contribution is 1.95. The van der Waals surface area contributed by atoms with Crippen molar-refractivity contribution in [2.24, 2.45) is 4.99 Å².